The maximum atomic E-state index is 13.8. The molecule has 3 heterocycles. The van der Waals surface area contributed by atoms with Crippen molar-refractivity contribution in [2.24, 2.45) is 0 Å². The Kier molecular flexibility index (Phi) is 7.79. The molecule has 3 aromatic carbocycles. The van der Waals surface area contributed by atoms with Gasteiger partial charge in [0.15, 0.2) is 0 Å². The summed E-state index contributed by atoms with van der Waals surface area (Å²) in [6.07, 6.45) is 1.57. The fourth-order valence-corrected chi connectivity index (χ4v) is 5.72. The van der Waals surface area contributed by atoms with E-state index in [1.807, 2.05) is 18.2 Å². The highest BCUT2D eigenvalue weighted by Gasteiger charge is 2.36. The lowest BCUT2D eigenvalue weighted by Gasteiger charge is -2.18. The van der Waals surface area contributed by atoms with E-state index in [2.05, 4.69) is 15.3 Å². The summed E-state index contributed by atoms with van der Waals surface area (Å²) in [6.45, 7) is 1.23. The molecule has 0 saturated carbocycles. The van der Waals surface area contributed by atoms with Crippen molar-refractivity contribution in [2.75, 3.05) is 50.1 Å². The molecule has 3 N–H and O–H groups in total. The van der Waals surface area contributed by atoms with Crippen molar-refractivity contribution in [2.45, 2.75) is 5.92 Å². The Hall–Kier alpha value is -4.80. The van der Waals surface area contributed by atoms with Crippen molar-refractivity contribution < 1.29 is 28.9 Å². The highest BCUT2D eigenvalue weighted by Crippen LogP contribution is 2.48. The molecule has 6 rings (SSSR count). The predicted octanol–water partition coefficient (Wildman–Crippen LogP) is 5.69. The van der Waals surface area contributed by atoms with Crippen molar-refractivity contribution in [3.63, 3.8) is 0 Å². The van der Waals surface area contributed by atoms with Crippen LogP contribution in [0.3, 0.4) is 0 Å². The first-order valence-corrected chi connectivity index (χ1v) is 14.2. The standard InChI is InChI=1S/C32H29ClN4O6/c1-41-10-11-43-21-8-6-18(7-9-21)31(39)36-28-13-19-12-23(35-24(19)16-34-28)32(40)37-17-20(15-33)29-25(37)14-26(38)22-4-3-5-27(42-2)30(22)29/h3-9,12-14,16,20,35,38H,10-11,15,17H2,1-2H3,(H,34,36,39)/t20-/m1/s1. The van der Waals surface area contributed by atoms with Gasteiger partial charge in [0.25, 0.3) is 11.8 Å². The number of aromatic nitrogens is 2. The summed E-state index contributed by atoms with van der Waals surface area (Å²) in [5, 5.41) is 15.7. The number of amides is 2. The zero-order chi connectivity index (χ0) is 30.1. The van der Waals surface area contributed by atoms with Gasteiger partial charge in [0, 0.05) is 53.2 Å². The highest BCUT2D eigenvalue weighted by atomic mass is 35.5. The number of H-pyrrole nitrogens is 1. The Balaban J connectivity index is 1.24. The summed E-state index contributed by atoms with van der Waals surface area (Å²) in [5.41, 5.74) is 2.87. The molecule has 0 bridgehead atoms. The molecule has 10 nitrogen and oxygen atoms in total. The quantitative estimate of drug-likeness (QED) is 0.147. The molecular weight excluding hydrogens is 572 g/mol. The van der Waals surface area contributed by atoms with Gasteiger partial charge in [0.2, 0.25) is 0 Å². The van der Waals surface area contributed by atoms with Crippen LogP contribution in [-0.4, -0.2) is 66.7 Å². The van der Waals surface area contributed by atoms with E-state index in [-0.39, 0.29) is 29.4 Å². The van der Waals surface area contributed by atoms with Crippen molar-refractivity contribution in [3.8, 4) is 17.2 Å². The molecule has 1 aliphatic rings. The third kappa shape index (κ3) is 5.31. The second kappa shape index (κ2) is 11.8. The average Bonchev–Trinajstić information content (AvgIpc) is 3.62. The highest BCUT2D eigenvalue weighted by molar-refractivity contribution is 6.19. The Labute approximate surface area is 252 Å². The number of hydrogen-bond donors (Lipinski definition) is 3. The van der Waals surface area contributed by atoms with Gasteiger partial charge in [-0.3, -0.25) is 9.59 Å². The lowest BCUT2D eigenvalue weighted by Crippen LogP contribution is -2.30. The van der Waals surface area contributed by atoms with Gasteiger partial charge in [-0.2, -0.15) is 0 Å². The van der Waals surface area contributed by atoms with E-state index in [1.54, 1.807) is 67.8 Å². The number of benzene rings is 3. The molecule has 2 amide bonds. The number of methoxy groups -OCH3 is 2. The number of aromatic hydroxyl groups is 1. The zero-order valence-corrected chi connectivity index (χ0v) is 24.3. The third-order valence-electron chi connectivity index (χ3n) is 7.52. The smallest absolute Gasteiger partial charge is 0.274 e. The summed E-state index contributed by atoms with van der Waals surface area (Å²) in [4.78, 5) is 35.8. The van der Waals surface area contributed by atoms with Crippen LogP contribution in [0.5, 0.6) is 17.2 Å². The van der Waals surface area contributed by atoms with Crippen LogP contribution in [0.2, 0.25) is 0 Å². The number of rotatable bonds is 9. The molecule has 0 saturated heterocycles. The van der Waals surface area contributed by atoms with E-state index >= 15 is 0 Å². The monoisotopic (exact) mass is 600 g/mol. The minimum absolute atomic E-state index is 0.0511. The average molecular weight is 601 g/mol. The van der Waals surface area contributed by atoms with E-state index in [1.165, 1.54) is 0 Å². The normalized spacial score (nSPS) is 14.2. The molecule has 5 aromatic rings. The zero-order valence-electron chi connectivity index (χ0n) is 23.5. The first kappa shape index (κ1) is 28.3. The molecule has 0 aliphatic carbocycles. The molecule has 0 radical (unpaired) electrons. The van der Waals surface area contributed by atoms with Crippen LogP contribution in [-0.2, 0) is 4.74 Å². The number of alkyl halides is 1. The van der Waals surface area contributed by atoms with Gasteiger partial charge in [-0.05, 0) is 48.0 Å². The summed E-state index contributed by atoms with van der Waals surface area (Å²) < 4.78 is 16.1. The minimum Gasteiger partial charge on any atom is -0.507 e. The van der Waals surface area contributed by atoms with Crippen LogP contribution < -0.4 is 19.7 Å². The van der Waals surface area contributed by atoms with E-state index < -0.39 is 0 Å². The molecule has 43 heavy (non-hydrogen) atoms. The van der Waals surface area contributed by atoms with Gasteiger partial charge in [0.05, 0.1) is 31.1 Å². The van der Waals surface area contributed by atoms with Crippen molar-refractivity contribution in [3.05, 3.63) is 83.7 Å². The van der Waals surface area contributed by atoms with Crippen LogP contribution in [0, 0.1) is 0 Å². The largest absolute Gasteiger partial charge is 0.507 e. The number of carbonyl (C=O) groups is 2. The predicted molar refractivity (Wildman–Crippen MR) is 165 cm³/mol. The number of nitrogens with zero attached hydrogens (tertiary/aromatic N) is 2. The molecule has 1 aliphatic heterocycles. The van der Waals surface area contributed by atoms with Crippen LogP contribution in [0.4, 0.5) is 11.5 Å². The SMILES string of the molecule is COCCOc1ccc(C(=O)Nc2cc3cc(C(=O)N4C[C@@H](CCl)c5c4cc(O)c4cccc(OC)c54)[nH]c3cn2)cc1. The lowest BCUT2D eigenvalue weighted by atomic mass is 9.94. The van der Waals surface area contributed by atoms with Gasteiger partial charge >= 0.3 is 0 Å². The van der Waals surface area contributed by atoms with Crippen LogP contribution in [0.15, 0.2) is 66.9 Å². The van der Waals surface area contributed by atoms with Crippen molar-refractivity contribution in [1.29, 1.82) is 0 Å². The Morgan fingerprint density at radius 2 is 1.93 bits per heavy atom. The number of halogens is 1. The molecule has 1 atom stereocenters. The van der Waals surface area contributed by atoms with Crippen LogP contribution in [0.25, 0.3) is 21.7 Å². The summed E-state index contributed by atoms with van der Waals surface area (Å²) in [5.74, 6) is 1.16. The van der Waals surface area contributed by atoms with Gasteiger partial charge < -0.3 is 34.5 Å². The second-order valence-electron chi connectivity index (χ2n) is 10.1. The maximum absolute atomic E-state index is 13.8. The Morgan fingerprint density at radius 3 is 2.67 bits per heavy atom. The number of aromatic amines is 1. The molecule has 11 heteroatoms. The molecule has 0 unspecified atom stereocenters. The number of phenols is 1. The maximum Gasteiger partial charge on any atom is 0.274 e. The van der Waals surface area contributed by atoms with Gasteiger partial charge in [0.1, 0.15) is 35.4 Å². The van der Waals surface area contributed by atoms with E-state index in [9.17, 15) is 14.7 Å². The first-order valence-electron chi connectivity index (χ1n) is 13.6. The van der Waals surface area contributed by atoms with Gasteiger partial charge in [-0.15, -0.1) is 11.6 Å². The summed E-state index contributed by atoms with van der Waals surface area (Å²) in [6, 6.07) is 17.3. The van der Waals surface area contributed by atoms with E-state index in [0.717, 1.165) is 10.9 Å². The van der Waals surface area contributed by atoms with Gasteiger partial charge in [-0.1, -0.05) is 12.1 Å². The number of anilines is 2. The Bertz CT molecular complexity index is 1840. The number of fused-ring (bicyclic) bond motifs is 4. The lowest BCUT2D eigenvalue weighted by molar-refractivity contribution is 0.0983. The molecule has 0 spiro atoms. The number of phenolic OH excluding ortho intramolecular Hbond substituents is 1. The minimum atomic E-state index is -0.328. The van der Waals surface area contributed by atoms with Crippen LogP contribution in [0.1, 0.15) is 32.3 Å². The van der Waals surface area contributed by atoms with E-state index in [4.69, 9.17) is 25.8 Å². The molecule has 220 valence electrons. The number of hydrogen-bond acceptors (Lipinski definition) is 7. The topological polar surface area (TPSA) is 126 Å². The number of carbonyl (C=O) groups excluding carboxylic acids is 2. The molecular formula is C32H29ClN4O6. The van der Waals surface area contributed by atoms with Gasteiger partial charge in [-0.25, -0.2) is 4.98 Å². The summed E-state index contributed by atoms with van der Waals surface area (Å²) >= 11 is 6.39. The van der Waals surface area contributed by atoms with E-state index in [0.29, 0.717) is 70.3 Å². The third-order valence-corrected chi connectivity index (χ3v) is 7.90. The number of ether oxygens (including phenoxy) is 3. The Morgan fingerprint density at radius 1 is 1.12 bits per heavy atom. The fraction of sp³-hybridized carbons (Fsp3) is 0.219. The van der Waals surface area contributed by atoms with Crippen LogP contribution >= 0.6 is 11.6 Å². The number of nitrogens with one attached hydrogen (secondary N) is 2. The second-order valence-corrected chi connectivity index (χ2v) is 10.4. The summed E-state index contributed by atoms with van der Waals surface area (Å²) in [7, 11) is 3.17. The molecule has 2 aromatic heterocycles. The van der Waals surface area contributed by atoms with Crippen molar-refractivity contribution in [1.82, 2.24) is 9.97 Å². The molecule has 0 fully saturated rings. The van der Waals surface area contributed by atoms with Crippen molar-refractivity contribution >= 4 is 56.6 Å². The first-order chi connectivity index (χ1) is 20.9. The fourth-order valence-electron chi connectivity index (χ4n) is 5.46. The number of pyridine rings is 1.